The van der Waals surface area contributed by atoms with Crippen molar-refractivity contribution < 1.29 is 58.2 Å². The third kappa shape index (κ3) is 20.2. The molecule has 1 rings (SSSR count). The molecule has 78 heavy (non-hydrogen) atoms. The summed E-state index contributed by atoms with van der Waals surface area (Å²) in [5.74, 6) is -8.52. The van der Waals surface area contributed by atoms with Gasteiger partial charge in [-0.25, -0.2) is 0 Å². The summed E-state index contributed by atoms with van der Waals surface area (Å²) in [4.78, 5) is 147. The Hall–Kier alpha value is -5.68. The molecule has 0 aliphatic carbocycles. The van der Waals surface area contributed by atoms with Crippen LogP contribution in [0.5, 0.6) is 0 Å². The molecule has 1 heterocycles. The molecule has 0 radical (unpaired) electrons. The summed E-state index contributed by atoms with van der Waals surface area (Å²) in [6.45, 7) is 24.9. The summed E-state index contributed by atoms with van der Waals surface area (Å²) in [6.07, 6.45) is 1.42. The second kappa shape index (κ2) is 32.4. The highest BCUT2D eigenvalue weighted by atomic mass is 16.3. The Morgan fingerprint density at radius 1 is 0.564 bits per heavy atom. The molecule has 8 N–H and O–H groups in total. The van der Waals surface area contributed by atoms with Crippen molar-refractivity contribution in [3.8, 4) is 0 Å². The lowest BCUT2D eigenvalue weighted by Crippen LogP contribution is -2.63. The van der Waals surface area contributed by atoms with Crippen LogP contribution in [0.25, 0.3) is 0 Å². The SMILES string of the molecule is C/C=C/C[C@@H](C)[C@@H](O)[C@@H]1NC(=O)[C@H](C(C)C)N(C)C(=O)[C@@H](CC(C)C)N(C)C(=O)[C@H](CC(C)C)N(C)C(=O)[C@@H](C)NC(=O)[C@H](C)NC(=O)[C@H](C)N(C)C(=O)[C@H](CC(C)C)NC(O)[C@@H](C)N(C)C(=O)CNC(=O)[C@H](CC)NC1=O. The number of allylic oxidation sites excluding steroid dienone is 2. The van der Waals surface area contributed by atoms with Crippen LogP contribution in [0.3, 0.4) is 0 Å². The zero-order valence-corrected chi connectivity index (χ0v) is 50.4. The minimum Gasteiger partial charge on any atom is -0.390 e. The summed E-state index contributed by atoms with van der Waals surface area (Å²) < 4.78 is 0. The minimum absolute atomic E-state index is 0.0237. The van der Waals surface area contributed by atoms with Crippen LogP contribution in [-0.2, 0) is 47.9 Å². The number of nitrogens with one attached hydrogen (secondary N) is 6. The zero-order chi connectivity index (χ0) is 60.4. The molecule has 0 saturated carbocycles. The molecule has 1 aliphatic heterocycles. The normalized spacial score (nSPS) is 28.8. The minimum atomic E-state index is -1.65. The Kier molecular flexibility index (Phi) is 29.2. The average Bonchev–Trinajstić information content (AvgIpc) is 3.37. The van der Waals surface area contributed by atoms with Crippen LogP contribution in [0.15, 0.2) is 12.2 Å². The second-order valence-electron chi connectivity index (χ2n) is 22.9. The van der Waals surface area contributed by atoms with Gasteiger partial charge in [-0.05, 0) is 96.3 Å². The van der Waals surface area contributed by atoms with Gasteiger partial charge in [-0.15, -0.1) is 0 Å². The van der Waals surface area contributed by atoms with Gasteiger partial charge in [-0.1, -0.05) is 81.4 Å². The quantitative estimate of drug-likeness (QED) is 0.125. The van der Waals surface area contributed by atoms with E-state index in [-0.39, 0.29) is 43.4 Å². The van der Waals surface area contributed by atoms with Crippen molar-refractivity contribution in [2.45, 2.75) is 209 Å². The predicted molar refractivity (Wildman–Crippen MR) is 297 cm³/mol. The smallest absolute Gasteiger partial charge is 0.245 e. The van der Waals surface area contributed by atoms with Crippen LogP contribution in [0.4, 0.5) is 0 Å². The number of amides is 10. The van der Waals surface area contributed by atoms with Crippen molar-refractivity contribution in [1.29, 1.82) is 0 Å². The van der Waals surface area contributed by atoms with E-state index in [9.17, 15) is 58.2 Å². The van der Waals surface area contributed by atoms with Gasteiger partial charge in [0.15, 0.2) is 0 Å². The number of likely N-dealkylation sites (N-methyl/N-ethyl adjacent to an activating group) is 5. The lowest BCUT2D eigenvalue weighted by Gasteiger charge is -2.39. The Bertz CT molecular complexity index is 2090. The van der Waals surface area contributed by atoms with E-state index in [0.29, 0.717) is 6.42 Å². The molecule has 13 atom stereocenters. The first kappa shape index (κ1) is 70.3. The maximum Gasteiger partial charge on any atom is 0.245 e. The number of aliphatic hydroxyl groups is 2. The van der Waals surface area contributed by atoms with Crippen LogP contribution < -0.4 is 31.9 Å². The number of nitrogens with zero attached hydrogens (tertiary/aromatic N) is 5. The molecule has 0 aromatic heterocycles. The van der Waals surface area contributed by atoms with E-state index < -0.39 is 150 Å². The van der Waals surface area contributed by atoms with Crippen molar-refractivity contribution >= 4 is 59.1 Å². The van der Waals surface area contributed by atoms with Gasteiger partial charge in [-0.3, -0.25) is 53.3 Å². The second-order valence-corrected chi connectivity index (χ2v) is 22.9. The Balaban J connectivity index is 4.05. The fourth-order valence-corrected chi connectivity index (χ4v) is 9.18. The summed E-state index contributed by atoms with van der Waals surface area (Å²) in [5.41, 5.74) is 0. The number of hydrogen-bond acceptors (Lipinski definition) is 13. The van der Waals surface area contributed by atoms with Gasteiger partial charge in [-0.2, -0.15) is 0 Å². The van der Waals surface area contributed by atoms with Crippen LogP contribution in [0, 0.1) is 29.6 Å². The molecule has 0 aromatic rings. The van der Waals surface area contributed by atoms with E-state index in [1.54, 1.807) is 46.8 Å². The van der Waals surface area contributed by atoms with Crippen LogP contribution >= 0.6 is 0 Å². The number of carbonyl (C=O) groups is 10. The molecule has 0 bridgehead atoms. The topological polar surface area (TPSA) is 300 Å². The average molecular weight is 1110 g/mol. The van der Waals surface area contributed by atoms with Crippen molar-refractivity contribution in [1.82, 2.24) is 56.4 Å². The third-order valence-electron chi connectivity index (χ3n) is 14.6. The van der Waals surface area contributed by atoms with Gasteiger partial charge in [0.2, 0.25) is 59.1 Å². The third-order valence-corrected chi connectivity index (χ3v) is 14.6. The largest absolute Gasteiger partial charge is 0.390 e. The monoisotopic (exact) mass is 1110 g/mol. The molecule has 0 spiro atoms. The predicted octanol–water partition coefficient (Wildman–Crippen LogP) is 0.714. The Morgan fingerprint density at radius 3 is 1.55 bits per heavy atom. The summed E-state index contributed by atoms with van der Waals surface area (Å²) in [6, 6.07) is -12.0. The van der Waals surface area contributed by atoms with Crippen LogP contribution in [0.2, 0.25) is 0 Å². The van der Waals surface area contributed by atoms with Gasteiger partial charge >= 0.3 is 0 Å². The van der Waals surface area contributed by atoms with E-state index in [4.69, 9.17) is 0 Å². The molecule has 23 nitrogen and oxygen atoms in total. The molecule has 10 amide bonds. The lowest BCUT2D eigenvalue weighted by molar-refractivity contribution is -0.154. The van der Waals surface area contributed by atoms with Crippen molar-refractivity contribution in [3.63, 3.8) is 0 Å². The van der Waals surface area contributed by atoms with Crippen molar-refractivity contribution in [2.24, 2.45) is 29.6 Å². The first-order valence-electron chi connectivity index (χ1n) is 27.6. The first-order chi connectivity index (χ1) is 36.1. The molecule has 0 aromatic carbocycles. The van der Waals surface area contributed by atoms with E-state index in [0.717, 1.165) is 0 Å². The molecule has 446 valence electrons. The standard InChI is InChI=1S/C55H99N11O12/c1-21-23-24-33(11)45(68)43-50(73)59-38(22-2)49(72)56-28-42(67)62(16)36(14)48(71)60-39(25-29(3)4)53(76)63(17)37(15)47(70)57-34(12)46(69)58-35(13)52(75)64(18)40(26-30(5)6)54(77)65(19)41(27-31(7)8)55(78)66(20)44(32(9)10)51(74)61-43/h21,23,29-41,43-45,48,60,68,71H,22,24-28H2,1-20H3,(H,56,72)(H,57,70)(H,58,69)(H,59,73)(H,61,74)/b23-21+/t33-,34+,35-,36-,37+,38+,39+,40+,41-,43+,44+,45-,48?/m1/s1. The highest BCUT2D eigenvalue weighted by Gasteiger charge is 2.43. The number of rotatable bonds is 12. The Morgan fingerprint density at radius 2 is 1.06 bits per heavy atom. The van der Waals surface area contributed by atoms with Crippen molar-refractivity contribution in [3.05, 3.63) is 12.2 Å². The lowest BCUT2D eigenvalue weighted by atomic mass is 9.92. The highest BCUT2D eigenvalue weighted by molar-refractivity contribution is 5.98. The molecule has 1 aliphatic rings. The van der Waals surface area contributed by atoms with Gasteiger partial charge in [0, 0.05) is 35.2 Å². The first-order valence-corrected chi connectivity index (χ1v) is 27.6. The fourth-order valence-electron chi connectivity index (χ4n) is 9.18. The van der Waals surface area contributed by atoms with E-state index in [1.807, 2.05) is 41.5 Å². The molecule has 1 unspecified atom stereocenters. The zero-order valence-electron chi connectivity index (χ0n) is 50.4. The molecular formula is C55H99N11O12. The van der Waals surface area contributed by atoms with Gasteiger partial charge < -0.3 is 61.3 Å². The molecule has 1 saturated heterocycles. The number of hydrogen-bond donors (Lipinski definition) is 8. The van der Waals surface area contributed by atoms with E-state index in [1.165, 1.54) is 87.4 Å². The van der Waals surface area contributed by atoms with Gasteiger partial charge in [0.25, 0.3) is 0 Å². The maximum atomic E-state index is 14.9. The Labute approximate surface area is 464 Å². The van der Waals surface area contributed by atoms with Crippen LogP contribution in [0.1, 0.15) is 136 Å². The summed E-state index contributed by atoms with van der Waals surface area (Å²) in [5, 5.41) is 39.1. The van der Waals surface area contributed by atoms with E-state index in [2.05, 4.69) is 31.9 Å². The maximum absolute atomic E-state index is 14.9. The fraction of sp³-hybridized carbons (Fsp3) is 0.782. The molecule has 23 heteroatoms. The summed E-state index contributed by atoms with van der Waals surface area (Å²) in [7, 11) is 7.09. The van der Waals surface area contributed by atoms with Crippen LogP contribution in [-0.4, -0.2) is 208 Å². The number of aliphatic hydroxyl groups excluding tert-OH is 2. The van der Waals surface area contributed by atoms with E-state index >= 15 is 0 Å². The summed E-state index contributed by atoms with van der Waals surface area (Å²) >= 11 is 0. The highest BCUT2D eigenvalue weighted by Crippen LogP contribution is 2.23. The van der Waals surface area contributed by atoms with Crippen molar-refractivity contribution in [2.75, 3.05) is 41.8 Å². The molecular weight excluding hydrogens is 1010 g/mol. The van der Waals surface area contributed by atoms with Gasteiger partial charge in [0.1, 0.15) is 54.6 Å². The number of carbonyl (C=O) groups excluding carboxylic acids is 10. The van der Waals surface area contributed by atoms with Gasteiger partial charge in [0.05, 0.1) is 24.7 Å². The molecule has 1 fully saturated rings.